The maximum Gasteiger partial charge on any atom is 0.160 e. The number of aliphatic imine (C=N–C) groups is 3. The number of amidine groups is 2. The molecule has 1 aliphatic rings. The van der Waals surface area contributed by atoms with E-state index < -0.39 is 0 Å². The maximum absolute atomic E-state index is 5.90. The molecule has 0 spiro atoms. The van der Waals surface area contributed by atoms with Gasteiger partial charge < -0.3 is 0 Å². The standard InChI is InChI=1S/C22H20ClN3/c1-24-21(18-11-6-3-7-12-18)26-22(25-16-23)20-14-8-13-19(15-20)17-9-4-2-5-10-17/h2-7,9-13,15H,1,8,14,16H2. The zero-order chi connectivity index (χ0) is 18.2. The van der Waals surface area contributed by atoms with Crippen molar-refractivity contribution in [2.24, 2.45) is 15.0 Å². The summed E-state index contributed by atoms with van der Waals surface area (Å²) in [7, 11) is 0. The van der Waals surface area contributed by atoms with Gasteiger partial charge in [0.2, 0.25) is 0 Å². The summed E-state index contributed by atoms with van der Waals surface area (Å²) in [5.41, 5.74) is 4.32. The van der Waals surface area contributed by atoms with Gasteiger partial charge in [-0.1, -0.05) is 66.7 Å². The lowest BCUT2D eigenvalue weighted by Gasteiger charge is -2.14. The van der Waals surface area contributed by atoms with Crippen LogP contribution in [0.2, 0.25) is 0 Å². The number of allylic oxidation sites excluding steroid dienone is 3. The van der Waals surface area contributed by atoms with Crippen LogP contribution in [0.5, 0.6) is 0 Å². The van der Waals surface area contributed by atoms with Crippen LogP contribution in [-0.2, 0) is 0 Å². The van der Waals surface area contributed by atoms with Crippen molar-refractivity contribution in [1.82, 2.24) is 0 Å². The summed E-state index contributed by atoms with van der Waals surface area (Å²) in [5.74, 6) is 1.17. The fourth-order valence-corrected chi connectivity index (χ4v) is 2.97. The third-order valence-electron chi connectivity index (χ3n) is 4.11. The van der Waals surface area contributed by atoms with Gasteiger partial charge in [0.25, 0.3) is 0 Å². The minimum Gasteiger partial charge on any atom is -0.250 e. The van der Waals surface area contributed by atoms with Crippen molar-refractivity contribution in [2.75, 3.05) is 6.00 Å². The van der Waals surface area contributed by atoms with Crippen molar-refractivity contribution >= 4 is 35.6 Å². The Balaban J connectivity index is 1.97. The van der Waals surface area contributed by atoms with Gasteiger partial charge in [-0.2, -0.15) is 0 Å². The second-order valence-electron chi connectivity index (χ2n) is 5.79. The molecule has 4 heteroatoms. The van der Waals surface area contributed by atoms with Gasteiger partial charge in [0.05, 0.1) is 0 Å². The monoisotopic (exact) mass is 361 g/mol. The van der Waals surface area contributed by atoms with Gasteiger partial charge in [0.15, 0.2) is 11.7 Å². The SMILES string of the molecule is C=NC(=NC(=NCCl)C1=CC(c2ccccc2)=CCC1)c1ccccc1. The van der Waals surface area contributed by atoms with Crippen LogP contribution in [0.1, 0.15) is 24.0 Å². The highest BCUT2D eigenvalue weighted by molar-refractivity contribution is 6.19. The predicted molar refractivity (Wildman–Crippen MR) is 112 cm³/mol. The normalized spacial score (nSPS) is 15.3. The first-order chi connectivity index (χ1) is 12.8. The number of benzene rings is 2. The molecule has 0 bridgehead atoms. The molecule has 3 rings (SSSR count). The zero-order valence-electron chi connectivity index (χ0n) is 14.5. The van der Waals surface area contributed by atoms with Crippen LogP contribution in [0.15, 0.2) is 93.4 Å². The molecule has 2 aromatic rings. The molecule has 26 heavy (non-hydrogen) atoms. The Morgan fingerprint density at radius 3 is 2.31 bits per heavy atom. The largest absolute Gasteiger partial charge is 0.250 e. The molecule has 0 aromatic heterocycles. The van der Waals surface area contributed by atoms with E-state index in [-0.39, 0.29) is 6.00 Å². The van der Waals surface area contributed by atoms with Crippen molar-refractivity contribution in [3.8, 4) is 0 Å². The summed E-state index contributed by atoms with van der Waals surface area (Å²) in [6.07, 6.45) is 6.19. The maximum atomic E-state index is 5.90. The molecule has 0 amide bonds. The van der Waals surface area contributed by atoms with Gasteiger partial charge in [-0.15, -0.1) is 11.6 Å². The van der Waals surface area contributed by atoms with E-state index in [4.69, 9.17) is 11.6 Å². The third kappa shape index (κ3) is 4.44. The van der Waals surface area contributed by atoms with Crippen molar-refractivity contribution in [3.63, 3.8) is 0 Å². The highest BCUT2D eigenvalue weighted by Gasteiger charge is 2.13. The Kier molecular flexibility index (Phi) is 6.29. The number of hydrogen-bond acceptors (Lipinski definition) is 1. The highest BCUT2D eigenvalue weighted by Crippen LogP contribution is 2.26. The first-order valence-corrected chi connectivity index (χ1v) is 9.03. The van der Waals surface area contributed by atoms with E-state index in [1.165, 1.54) is 11.1 Å². The lowest BCUT2D eigenvalue weighted by Crippen LogP contribution is -2.08. The molecule has 3 nitrogen and oxygen atoms in total. The fraction of sp³-hybridized carbons (Fsp3) is 0.136. The minimum atomic E-state index is 0.153. The second-order valence-corrected chi connectivity index (χ2v) is 6.03. The van der Waals surface area contributed by atoms with Crippen LogP contribution in [0.3, 0.4) is 0 Å². The molecule has 0 fully saturated rings. The van der Waals surface area contributed by atoms with Crippen molar-refractivity contribution in [3.05, 3.63) is 89.5 Å². The van der Waals surface area contributed by atoms with Gasteiger partial charge in [0, 0.05) is 5.56 Å². The molecule has 2 aromatic carbocycles. The van der Waals surface area contributed by atoms with Crippen LogP contribution in [0.4, 0.5) is 0 Å². The summed E-state index contributed by atoms with van der Waals surface area (Å²) >= 11 is 5.90. The number of hydrogen-bond donors (Lipinski definition) is 0. The number of alkyl halides is 1. The summed E-state index contributed by atoms with van der Waals surface area (Å²) in [6, 6.07) is 20.2. The van der Waals surface area contributed by atoms with Crippen LogP contribution >= 0.6 is 11.6 Å². The van der Waals surface area contributed by atoms with E-state index in [1.807, 2.05) is 48.5 Å². The Hall–Kier alpha value is -2.78. The predicted octanol–water partition coefficient (Wildman–Crippen LogP) is 5.53. The van der Waals surface area contributed by atoms with Crippen LogP contribution in [0.25, 0.3) is 5.57 Å². The molecular formula is C22H20ClN3. The molecule has 0 radical (unpaired) electrons. The Morgan fingerprint density at radius 1 is 0.962 bits per heavy atom. The van der Waals surface area contributed by atoms with Gasteiger partial charge in [-0.25, -0.2) is 9.98 Å². The van der Waals surface area contributed by atoms with Gasteiger partial charge in [-0.05, 0) is 42.3 Å². The molecule has 0 saturated heterocycles. The average Bonchev–Trinajstić information content (AvgIpc) is 2.72. The first kappa shape index (κ1) is 18.0. The molecular weight excluding hydrogens is 342 g/mol. The van der Waals surface area contributed by atoms with E-state index in [0.29, 0.717) is 11.7 Å². The lowest BCUT2D eigenvalue weighted by molar-refractivity contribution is 1.00. The van der Waals surface area contributed by atoms with E-state index in [2.05, 4.69) is 46.0 Å². The topological polar surface area (TPSA) is 37.1 Å². The molecule has 130 valence electrons. The number of rotatable bonds is 4. The van der Waals surface area contributed by atoms with E-state index in [9.17, 15) is 0 Å². The Bertz CT molecular complexity index is 878. The fourth-order valence-electron chi connectivity index (χ4n) is 2.85. The van der Waals surface area contributed by atoms with Gasteiger partial charge in [0.1, 0.15) is 6.00 Å². The van der Waals surface area contributed by atoms with E-state index in [1.54, 1.807) is 0 Å². The summed E-state index contributed by atoms with van der Waals surface area (Å²) in [6.45, 7) is 3.66. The molecule has 0 N–H and O–H groups in total. The average molecular weight is 362 g/mol. The molecule has 0 heterocycles. The zero-order valence-corrected chi connectivity index (χ0v) is 15.2. The number of halogens is 1. The molecule has 0 atom stereocenters. The quantitative estimate of drug-likeness (QED) is 0.297. The molecule has 0 unspecified atom stereocenters. The minimum absolute atomic E-state index is 0.153. The second kappa shape index (κ2) is 9.07. The van der Waals surface area contributed by atoms with E-state index >= 15 is 0 Å². The first-order valence-electron chi connectivity index (χ1n) is 8.49. The van der Waals surface area contributed by atoms with Crippen LogP contribution in [-0.4, -0.2) is 24.4 Å². The van der Waals surface area contributed by atoms with E-state index in [0.717, 1.165) is 24.0 Å². The summed E-state index contributed by atoms with van der Waals surface area (Å²) < 4.78 is 0. The van der Waals surface area contributed by atoms with Crippen LogP contribution < -0.4 is 0 Å². The Morgan fingerprint density at radius 2 is 1.65 bits per heavy atom. The lowest BCUT2D eigenvalue weighted by atomic mass is 9.94. The summed E-state index contributed by atoms with van der Waals surface area (Å²) in [5, 5.41) is 0. The van der Waals surface area contributed by atoms with Crippen LogP contribution in [0, 0.1) is 0 Å². The molecule has 1 aliphatic carbocycles. The molecule has 0 saturated carbocycles. The smallest absolute Gasteiger partial charge is 0.160 e. The van der Waals surface area contributed by atoms with Crippen molar-refractivity contribution < 1.29 is 0 Å². The highest BCUT2D eigenvalue weighted by atomic mass is 35.5. The Labute approximate surface area is 159 Å². The number of nitrogens with zero attached hydrogens (tertiary/aromatic N) is 3. The van der Waals surface area contributed by atoms with Crippen molar-refractivity contribution in [2.45, 2.75) is 12.8 Å². The molecule has 0 aliphatic heterocycles. The van der Waals surface area contributed by atoms with Gasteiger partial charge in [-0.3, -0.25) is 4.99 Å². The summed E-state index contributed by atoms with van der Waals surface area (Å²) in [4.78, 5) is 13.2. The van der Waals surface area contributed by atoms with Gasteiger partial charge >= 0.3 is 0 Å². The third-order valence-corrected chi connectivity index (χ3v) is 4.22. The van der Waals surface area contributed by atoms with Crippen molar-refractivity contribution in [1.29, 1.82) is 0 Å².